The Hall–Kier alpha value is -1.87. The first-order valence-electron chi connectivity index (χ1n) is 6.89. The zero-order chi connectivity index (χ0) is 16.9. The number of aryl methyl sites for hydroxylation is 1. The second-order valence-electron chi connectivity index (χ2n) is 4.97. The summed E-state index contributed by atoms with van der Waals surface area (Å²) < 4.78 is 27.7. The number of rotatable bonds is 4. The highest BCUT2D eigenvalue weighted by Crippen LogP contribution is 2.14. The van der Waals surface area contributed by atoms with Gasteiger partial charge in [0, 0.05) is 22.2 Å². The number of hydrogen-bond acceptors (Lipinski definition) is 2. The predicted molar refractivity (Wildman–Crippen MR) is 96.5 cm³/mol. The third-order valence-corrected chi connectivity index (χ3v) is 5.16. The molecule has 0 amide bonds. The van der Waals surface area contributed by atoms with Crippen LogP contribution in [0.2, 0.25) is 0 Å². The Kier molecular flexibility index (Phi) is 5.78. The van der Waals surface area contributed by atoms with Crippen LogP contribution in [0.1, 0.15) is 11.1 Å². The lowest BCUT2D eigenvalue weighted by atomic mass is 10.2. The van der Waals surface area contributed by atoms with Gasteiger partial charge in [0.1, 0.15) is 0 Å². The van der Waals surface area contributed by atoms with Gasteiger partial charge in [0.15, 0.2) is 0 Å². The van der Waals surface area contributed by atoms with Crippen LogP contribution in [-0.2, 0) is 10.0 Å². The van der Waals surface area contributed by atoms with E-state index in [0.717, 1.165) is 15.6 Å². The molecule has 0 heterocycles. The van der Waals surface area contributed by atoms with E-state index in [1.165, 1.54) is 0 Å². The first-order valence-corrected chi connectivity index (χ1v) is 9.17. The molecule has 2 aromatic carbocycles. The molecule has 5 heteroatoms. The summed E-state index contributed by atoms with van der Waals surface area (Å²) in [6, 6.07) is 14.2. The Morgan fingerprint density at radius 3 is 2.48 bits per heavy atom. The van der Waals surface area contributed by atoms with E-state index in [2.05, 4.69) is 39.1 Å². The van der Waals surface area contributed by atoms with E-state index in [1.54, 1.807) is 24.3 Å². The van der Waals surface area contributed by atoms with Crippen LogP contribution in [0.3, 0.4) is 0 Å². The van der Waals surface area contributed by atoms with Gasteiger partial charge in [0.2, 0.25) is 10.0 Å². The Morgan fingerprint density at radius 2 is 1.83 bits per heavy atom. The van der Waals surface area contributed by atoms with Crippen molar-refractivity contribution in [3.63, 3.8) is 0 Å². The fraction of sp³-hybridized carbons (Fsp3) is 0.111. The maximum atomic E-state index is 12.2. The standard InChI is InChI=1S/C18H16BrNO2S/c1-14-8-11-17(12-9-14)23(21,22)20-13-15(2)7-10-16-5-3-4-6-18(16)19/h3-6,8-9,11-12,20H,2,13H2,1H3. The molecule has 0 radical (unpaired) electrons. The lowest BCUT2D eigenvalue weighted by Gasteiger charge is -2.06. The van der Waals surface area contributed by atoms with E-state index in [0.29, 0.717) is 5.57 Å². The van der Waals surface area contributed by atoms with Gasteiger partial charge in [-0.25, -0.2) is 13.1 Å². The highest BCUT2D eigenvalue weighted by molar-refractivity contribution is 9.10. The molecule has 0 fully saturated rings. The van der Waals surface area contributed by atoms with Crippen LogP contribution in [0.4, 0.5) is 0 Å². The molecule has 118 valence electrons. The smallest absolute Gasteiger partial charge is 0.207 e. The van der Waals surface area contributed by atoms with E-state index in [1.807, 2.05) is 31.2 Å². The zero-order valence-corrected chi connectivity index (χ0v) is 15.0. The van der Waals surface area contributed by atoms with Crippen molar-refractivity contribution in [3.8, 4) is 11.8 Å². The van der Waals surface area contributed by atoms with Crippen LogP contribution < -0.4 is 4.72 Å². The Labute approximate surface area is 145 Å². The van der Waals surface area contributed by atoms with Gasteiger partial charge in [-0.05, 0) is 47.1 Å². The quantitative estimate of drug-likeness (QED) is 0.811. The van der Waals surface area contributed by atoms with E-state index < -0.39 is 10.0 Å². The number of halogens is 1. The van der Waals surface area contributed by atoms with Crippen LogP contribution in [0, 0.1) is 18.8 Å². The maximum absolute atomic E-state index is 12.2. The van der Waals surface area contributed by atoms with Gasteiger partial charge >= 0.3 is 0 Å². The van der Waals surface area contributed by atoms with Crippen molar-refractivity contribution in [1.82, 2.24) is 4.72 Å². The molecule has 0 saturated heterocycles. The van der Waals surface area contributed by atoms with Gasteiger partial charge in [0.25, 0.3) is 0 Å². The monoisotopic (exact) mass is 389 g/mol. The fourth-order valence-electron chi connectivity index (χ4n) is 1.75. The van der Waals surface area contributed by atoms with Crippen molar-refractivity contribution in [3.05, 3.63) is 76.3 Å². The highest BCUT2D eigenvalue weighted by Gasteiger charge is 2.12. The second-order valence-corrected chi connectivity index (χ2v) is 7.59. The van der Waals surface area contributed by atoms with Crippen molar-refractivity contribution in [2.75, 3.05) is 6.54 Å². The van der Waals surface area contributed by atoms with Crippen molar-refractivity contribution < 1.29 is 8.42 Å². The minimum absolute atomic E-state index is 0.0770. The molecule has 1 N–H and O–H groups in total. The lowest BCUT2D eigenvalue weighted by molar-refractivity contribution is 0.585. The summed E-state index contributed by atoms with van der Waals surface area (Å²) in [4.78, 5) is 0.231. The minimum atomic E-state index is -3.55. The Bertz CT molecular complexity index is 875. The van der Waals surface area contributed by atoms with E-state index in [9.17, 15) is 8.42 Å². The van der Waals surface area contributed by atoms with Gasteiger partial charge < -0.3 is 0 Å². The van der Waals surface area contributed by atoms with Crippen LogP contribution in [0.5, 0.6) is 0 Å². The summed E-state index contributed by atoms with van der Waals surface area (Å²) in [5.41, 5.74) is 2.33. The van der Waals surface area contributed by atoms with E-state index in [-0.39, 0.29) is 11.4 Å². The van der Waals surface area contributed by atoms with Crippen molar-refractivity contribution in [2.24, 2.45) is 0 Å². The molecular formula is C18H16BrNO2S. The molecule has 3 nitrogen and oxygen atoms in total. The lowest BCUT2D eigenvalue weighted by Crippen LogP contribution is -2.25. The number of sulfonamides is 1. The fourth-order valence-corrected chi connectivity index (χ4v) is 3.15. The first-order chi connectivity index (χ1) is 10.9. The van der Waals surface area contributed by atoms with Crippen molar-refractivity contribution >= 4 is 26.0 Å². The summed E-state index contributed by atoms with van der Waals surface area (Å²) >= 11 is 3.41. The molecular weight excluding hydrogens is 374 g/mol. The van der Waals surface area contributed by atoms with E-state index in [4.69, 9.17) is 0 Å². The average Bonchev–Trinajstić information content (AvgIpc) is 2.53. The van der Waals surface area contributed by atoms with Gasteiger partial charge in [-0.3, -0.25) is 0 Å². The van der Waals surface area contributed by atoms with Crippen molar-refractivity contribution in [2.45, 2.75) is 11.8 Å². The molecule has 2 aromatic rings. The first kappa shape index (κ1) is 17.5. The molecule has 0 atom stereocenters. The topological polar surface area (TPSA) is 46.2 Å². The molecule has 0 aliphatic carbocycles. The normalized spacial score (nSPS) is 10.7. The third-order valence-electron chi connectivity index (χ3n) is 3.05. The Balaban J connectivity index is 2.02. The summed E-state index contributed by atoms with van der Waals surface area (Å²) in [6.45, 7) is 5.78. The molecule has 0 unspecified atom stereocenters. The summed E-state index contributed by atoms with van der Waals surface area (Å²) in [6.07, 6.45) is 0. The number of benzene rings is 2. The number of hydrogen-bond donors (Lipinski definition) is 1. The molecule has 23 heavy (non-hydrogen) atoms. The molecule has 0 bridgehead atoms. The summed E-state index contributed by atoms with van der Waals surface area (Å²) in [7, 11) is -3.55. The van der Waals surface area contributed by atoms with Gasteiger partial charge in [0.05, 0.1) is 4.90 Å². The maximum Gasteiger partial charge on any atom is 0.240 e. The summed E-state index contributed by atoms with van der Waals surface area (Å²) in [5.74, 6) is 5.84. The van der Waals surface area contributed by atoms with Gasteiger partial charge in [-0.2, -0.15) is 0 Å². The molecule has 0 aromatic heterocycles. The predicted octanol–water partition coefficient (Wildman–Crippen LogP) is 3.64. The number of nitrogens with one attached hydrogen (secondary N) is 1. The summed E-state index contributed by atoms with van der Waals surface area (Å²) in [5, 5.41) is 0. The molecule has 0 aliphatic rings. The molecule has 0 aliphatic heterocycles. The third kappa shape index (κ3) is 5.07. The molecule has 0 saturated carbocycles. The van der Waals surface area contributed by atoms with Crippen LogP contribution in [0.15, 0.2) is 70.1 Å². The van der Waals surface area contributed by atoms with Gasteiger partial charge in [-0.15, -0.1) is 0 Å². The minimum Gasteiger partial charge on any atom is -0.207 e. The van der Waals surface area contributed by atoms with Gasteiger partial charge in [-0.1, -0.05) is 48.2 Å². The highest BCUT2D eigenvalue weighted by atomic mass is 79.9. The Morgan fingerprint density at radius 1 is 1.17 bits per heavy atom. The van der Waals surface area contributed by atoms with Crippen LogP contribution >= 0.6 is 15.9 Å². The average molecular weight is 390 g/mol. The SMILES string of the molecule is C=C(C#Cc1ccccc1Br)CNS(=O)(=O)c1ccc(C)cc1. The second kappa shape index (κ2) is 7.60. The van der Waals surface area contributed by atoms with Crippen LogP contribution in [0.25, 0.3) is 0 Å². The van der Waals surface area contributed by atoms with Crippen LogP contribution in [-0.4, -0.2) is 15.0 Å². The zero-order valence-electron chi connectivity index (χ0n) is 12.6. The molecule has 0 spiro atoms. The van der Waals surface area contributed by atoms with Crippen molar-refractivity contribution in [1.29, 1.82) is 0 Å². The van der Waals surface area contributed by atoms with E-state index >= 15 is 0 Å². The largest absolute Gasteiger partial charge is 0.240 e. The molecule has 2 rings (SSSR count).